The summed E-state index contributed by atoms with van der Waals surface area (Å²) in [6.07, 6.45) is 1.19. The van der Waals surface area contributed by atoms with Gasteiger partial charge in [0.25, 0.3) is 5.91 Å². The molecule has 0 radical (unpaired) electrons. The first-order valence-electron chi connectivity index (χ1n) is 7.60. The van der Waals surface area contributed by atoms with Crippen molar-refractivity contribution in [2.75, 3.05) is 38.7 Å². The van der Waals surface area contributed by atoms with Crippen molar-refractivity contribution in [1.82, 2.24) is 19.7 Å². The highest BCUT2D eigenvalue weighted by Gasteiger charge is 2.50. The number of aromatic nitrogens is 1. The van der Waals surface area contributed by atoms with Crippen molar-refractivity contribution in [3.63, 3.8) is 0 Å². The van der Waals surface area contributed by atoms with Crippen LogP contribution < -0.4 is 0 Å². The predicted octanol–water partition coefficient (Wildman–Crippen LogP) is -0.412. The van der Waals surface area contributed by atoms with Gasteiger partial charge in [-0.25, -0.2) is 18.2 Å². The quantitative estimate of drug-likeness (QED) is 0.677. The van der Waals surface area contributed by atoms with Gasteiger partial charge in [0.05, 0.1) is 23.6 Å². The third-order valence-electron chi connectivity index (χ3n) is 4.51. The summed E-state index contributed by atoms with van der Waals surface area (Å²) in [5.41, 5.74) is 0.186. The minimum Gasteiger partial charge on any atom is -0.448 e. The summed E-state index contributed by atoms with van der Waals surface area (Å²) in [6, 6.07) is -1.34. The number of oxazole rings is 1. The zero-order valence-electron chi connectivity index (χ0n) is 13.8. The Hall–Kier alpha value is -2.10. The molecule has 2 saturated heterocycles. The van der Waals surface area contributed by atoms with E-state index in [2.05, 4.69) is 4.98 Å². The fraction of sp³-hybridized carbons (Fsp3) is 0.643. The number of amides is 3. The van der Waals surface area contributed by atoms with E-state index in [1.165, 1.54) is 16.2 Å². The van der Waals surface area contributed by atoms with Crippen LogP contribution >= 0.6 is 0 Å². The molecule has 3 heterocycles. The standard InChI is InChI=1S/C14H20N4O5S/c1-9-12(15-8-23-9)13(19)17-4-5-18(14(20)16(2)3)11-7-24(21,22)6-10(11)17/h8,10-11H,4-7H2,1-3H3/t10-,11+/m1/s1. The summed E-state index contributed by atoms with van der Waals surface area (Å²) in [4.78, 5) is 33.5. The number of carbonyl (C=O) groups excluding carboxylic acids is 2. The molecule has 2 aliphatic heterocycles. The second-order valence-electron chi connectivity index (χ2n) is 6.34. The SMILES string of the molecule is Cc1ocnc1C(=O)N1CCN(C(=O)N(C)C)[C@H]2CS(=O)(=O)C[C@H]21. The van der Waals surface area contributed by atoms with Crippen LogP contribution in [0.1, 0.15) is 16.2 Å². The molecule has 0 bridgehead atoms. The maximum absolute atomic E-state index is 12.7. The minimum absolute atomic E-state index is 0.126. The summed E-state index contributed by atoms with van der Waals surface area (Å²) in [6.45, 7) is 2.19. The van der Waals surface area contributed by atoms with Gasteiger partial charge in [0, 0.05) is 27.2 Å². The molecule has 1 aromatic rings. The summed E-state index contributed by atoms with van der Waals surface area (Å²) in [5, 5.41) is 0. The van der Waals surface area contributed by atoms with Gasteiger partial charge in [0.2, 0.25) is 0 Å². The van der Waals surface area contributed by atoms with Crippen LogP contribution in [0, 0.1) is 6.92 Å². The highest BCUT2D eigenvalue weighted by molar-refractivity contribution is 7.91. The molecule has 132 valence electrons. The lowest BCUT2D eigenvalue weighted by atomic mass is 10.0. The van der Waals surface area contributed by atoms with Crippen LogP contribution in [0.25, 0.3) is 0 Å². The Kier molecular flexibility index (Phi) is 4.02. The first kappa shape index (κ1) is 16.7. The number of hydrogen-bond acceptors (Lipinski definition) is 6. The van der Waals surface area contributed by atoms with Gasteiger partial charge < -0.3 is 19.1 Å². The number of fused-ring (bicyclic) bond motifs is 1. The average molecular weight is 356 g/mol. The zero-order valence-corrected chi connectivity index (χ0v) is 14.6. The van der Waals surface area contributed by atoms with Gasteiger partial charge in [-0.1, -0.05) is 0 Å². The van der Waals surface area contributed by atoms with Crippen molar-refractivity contribution in [3.05, 3.63) is 17.8 Å². The second-order valence-corrected chi connectivity index (χ2v) is 8.49. The normalized spacial score (nSPS) is 25.5. The van der Waals surface area contributed by atoms with Crippen molar-refractivity contribution in [3.8, 4) is 0 Å². The van der Waals surface area contributed by atoms with E-state index in [1.807, 2.05) is 0 Å². The van der Waals surface area contributed by atoms with Crippen LogP contribution in [0.4, 0.5) is 4.79 Å². The number of rotatable bonds is 1. The van der Waals surface area contributed by atoms with Gasteiger partial charge >= 0.3 is 6.03 Å². The Morgan fingerprint density at radius 2 is 1.79 bits per heavy atom. The molecule has 2 atom stereocenters. The average Bonchev–Trinajstić information content (AvgIpc) is 3.06. The fourth-order valence-electron chi connectivity index (χ4n) is 3.35. The van der Waals surface area contributed by atoms with E-state index in [0.29, 0.717) is 5.76 Å². The van der Waals surface area contributed by atoms with E-state index in [0.717, 1.165) is 0 Å². The van der Waals surface area contributed by atoms with E-state index in [1.54, 1.807) is 25.9 Å². The van der Waals surface area contributed by atoms with Crippen LogP contribution in [0.15, 0.2) is 10.8 Å². The molecule has 0 saturated carbocycles. The Morgan fingerprint density at radius 1 is 1.21 bits per heavy atom. The zero-order chi connectivity index (χ0) is 17.6. The maximum atomic E-state index is 12.7. The smallest absolute Gasteiger partial charge is 0.319 e. The lowest BCUT2D eigenvalue weighted by Crippen LogP contribution is -2.63. The highest BCUT2D eigenvalue weighted by atomic mass is 32.2. The molecule has 3 rings (SSSR count). The molecule has 0 aliphatic carbocycles. The molecule has 24 heavy (non-hydrogen) atoms. The van der Waals surface area contributed by atoms with Crippen molar-refractivity contribution in [2.24, 2.45) is 0 Å². The number of aryl methyl sites for hydroxylation is 1. The molecule has 0 unspecified atom stereocenters. The number of piperazine rings is 1. The number of urea groups is 1. The minimum atomic E-state index is -3.32. The Balaban J connectivity index is 1.91. The van der Waals surface area contributed by atoms with E-state index in [4.69, 9.17) is 4.42 Å². The monoisotopic (exact) mass is 356 g/mol. The van der Waals surface area contributed by atoms with E-state index < -0.39 is 21.9 Å². The third-order valence-corrected chi connectivity index (χ3v) is 6.21. The highest BCUT2D eigenvalue weighted by Crippen LogP contribution is 2.29. The number of sulfone groups is 1. The van der Waals surface area contributed by atoms with E-state index in [9.17, 15) is 18.0 Å². The van der Waals surface area contributed by atoms with E-state index >= 15 is 0 Å². The van der Waals surface area contributed by atoms with Gasteiger partial charge in [-0.05, 0) is 6.92 Å². The van der Waals surface area contributed by atoms with Crippen molar-refractivity contribution < 1.29 is 22.4 Å². The molecular weight excluding hydrogens is 336 g/mol. The van der Waals surface area contributed by atoms with Gasteiger partial charge in [0.1, 0.15) is 5.76 Å². The van der Waals surface area contributed by atoms with Crippen LogP contribution in [0.2, 0.25) is 0 Å². The second kappa shape index (κ2) is 5.76. The largest absolute Gasteiger partial charge is 0.448 e. The molecule has 0 N–H and O–H groups in total. The summed E-state index contributed by atoms with van der Waals surface area (Å²) < 4.78 is 29.3. The van der Waals surface area contributed by atoms with Crippen LogP contribution in [0.3, 0.4) is 0 Å². The molecule has 0 spiro atoms. The Bertz CT molecular complexity index is 772. The van der Waals surface area contributed by atoms with E-state index in [-0.39, 0.29) is 42.2 Å². The Morgan fingerprint density at radius 3 is 2.33 bits per heavy atom. The molecular formula is C14H20N4O5S. The first-order valence-corrected chi connectivity index (χ1v) is 9.43. The molecule has 2 aliphatic rings. The number of nitrogens with zero attached hydrogens (tertiary/aromatic N) is 4. The lowest BCUT2D eigenvalue weighted by molar-refractivity contribution is 0.0387. The molecule has 1 aromatic heterocycles. The van der Waals surface area contributed by atoms with Gasteiger partial charge in [-0.15, -0.1) is 0 Å². The van der Waals surface area contributed by atoms with Gasteiger partial charge in [-0.3, -0.25) is 4.79 Å². The first-order chi connectivity index (χ1) is 11.2. The fourth-order valence-corrected chi connectivity index (χ4v) is 5.33. The molecule has 3 amide bonds. The van der Waals surface area contributed by atoms with Gasteiger partial charge in [0.15, 0.2) is 21.9 Å². The molecule has 2 fully saturated rings. The Labute approximate surface area is 140 Å². The maximum Gasteiger partial charge on any atom is 0.319 e. The van der Waals surface area contributed by atoms with Gasteiger partial charge in [-0.2, -0.15) is 0 Å². The number of hydrogen-bond donors (Lipinski definition) is 0. The van der Waals surface area contributed by atoms with Crippen molar-refractivity contribution >= 4 is 21.8 Å². The predicted molar refractivity (Wildman–Crippen MR) is 84.3 cm³/mol. The van der Waals surface area contributed by atoms with Crippen LogP contribution in [0.5, 0.6) is 0 Å². The molecule has 0 aromatic carbocycles. The number of carbonyl (C=O) groups is 2. The van der Waals surface area contributed by atoms with Crippen LogP contribution in [-0.4, -0.2) is 90.8 Å². The summed E-state index contributed by atoms with van der Waals surface area (Å²) in [5.74, 6) is -0.231. The van der Waals surface area contributed by atoms with Crippen molar-refractivity contribution in [2.45, 2.75) is 19.0 Å². The van der Waals surface area contributed by atoms with Crippen LogP contribution in [-0.2, 0) is 9.84 Å². The summed E-state index contributed by atoms with van der Waals surface area (Å²) >= 11 is 0. The lowest BCUT2D eigenvalue weighted by Gasteiger charge is -2.44. The molecule has 10 heteroatoms. The molecule has 9 nitrogen and oxygen atoms in total. The topological polar surface area (TPSA) is 104 Å². The third kappa shape index (κ3) is 2.74. The summed E-state index contributed by atoms with van der Waals surface area (Å²) in [7, 11) is -0.0723. The van der Waals surface area contributed by atoms with Crippen molar-refractivity contribution in [1.29, 1.82) is 0 Å².